The highest BCUT2D eigenvalue weighted by Gasteiger charge is 2.38. The number of nitrogens with one attached hydrogen (secondary N) is 1. The Morgan fingerprint density at radius 3 is 2.52 bits per heavy atom. The van der Waals surface area contributed by atoms with Crippen LogP contribution >= 0.6 is 35.6 Å². The number of carbonyl (C=O) groups excluding carboxylic acids is 2. The van der Waals surface area contributed by atoms with Crippen molar-refractivity contribution in [1.29, 1.82) is 0 Å². The fraction of sp³-hybridized carbons (Fsp3) is 0.375. The number of rotatable bonds is 6. The Kier molecular flexibility index (Phi) is 8.80. The van der Waals surface area contributed by atoms with Crippen LogP contribution in [0.4, 0.5) is 0 Å². The van der Waals surface area contributed by atoms with Crippen LogP contribution in [0.2, 0.25) is 10.0 Å². The lowest BCUT2D eigenvalue weighted by molar-refractivity contribution is -0.130. The maximum Gasteiger partial charge on any atom is 0.253 e. The number of nitrogens with two attached hydrogens (primary N) is 1. The van der Waals surface area contributed by atoms with Crippen LogP contribution in [-0.4, -0.2) is 28.2 Å². The predicted molar refractivity (Wildman–Crippen MR) is 136 cm³/mol. The van der Waals surface area contributed by atoms with E-state index in [0.29, 0.717) is 15.6 Å². The molecule has 0 saturated carbocycles. The lowest BCUT2D eigenvalue weighted by Crippen LogP contribution is -2.51. The molecule has 6 nitrogen and oxygen atoms in total. The van der Waals surface area contributed by atoms with Gasteiger partial charge in [0.2, 0.25) is 5.91 Å². The quantitative estimate of drug-likeness (QED) is 0.547. The maximum absolute atomic E-state index is 12.9. The average Bonchev–Trinajstić information content (AvgIpc) is 2.71. The van der Waals surface area contributed by atoms with Crippen LogP contribution in [-0.2, 0) is 11.3 Å². The summed E-state index contributed by atoms with van der Waals surface area (Å²) in [6, 6.07) is 12.1. The van der Waals surface area contributed by atoms with Gasteiger partial charge in [-0.1, -0.05) is 55.2 Å². The molecule has 33 heavy (non-hydrogen) atoms. The molecule has 1 aliphatic heterocycles. The number of nitrogens with zero attached hydrogens (tertiary/aromatic N) is 2. The molecule has 1 aliphatic rings. The summed E-state index contributed by atoms with van der Waals surface area (Å²) in [5, 5.41) is 3.86. The van der Waals surface area contributed by atoms with E-state index in [0.717, 1.165) is 11.1 Å². The number of guanidine groups is 1. The lowest BCUT2D eigenvalue weighted by Gasteiger charge is -2.37. The first kappa shape index (κ1) is 27.0. The summed E-state index contributed by atoms with van der Waals surface area (Å²) >= 11 is 12.4. The molecule has 0 radical (unpaired) electrons. The minimum absolute atomic E-state index is 0. The third-order valence-electron chi connectivity index (χ3n) is 6.01. The average molecular weight is 512 g/mol. The lowest BCUT2D eigenvalue weighted by atomic mass is 9.84. The van der Waals surface area contributed by atoms with Crippen LogP contribution in [0.5, 0.6) is 0 Å². The Balaban J connectivity index is 0.00000385. The van der Waals surface area contributed by atoms with Gasteiger partial charge in [-0.25, -0.2) is 4.99 Å². The molecule has 0 saturated heterocycles. The number of hydrogen-bond donors (Lipinski definition) is 2. The molecule has 2 aromatic carbocycles. The summed E-state index contributed by atoms with van der Waals surface area (Å²) in [6.07, 6.45) is 0.281. The second kappa shape index (κ2) is 10.8. The summed E-state index contributed by atoms with van der Waals surface area (Å²) in [7, 11) is 0. The first-order chi connectivity index (χ1) is 15.0. The highest BCUT2D eigenvalue weighted by molar-refractivity contribution is 6.33. The molecular weight excluding hydrogens is 483 g/mol. The highest BCUT2D eigenvalue weighted by Crippen LogP contribution is 2.30. The second-order valence-electron chi connectivity index (χ2n) is 8.70. The molecule has 0 unspecified atom stereocenters. The van der Waals surface area contributed by atoms with Crippen LogP contribution in [0.1, 0.15) is 61.6 Å². The standard InChI is InChI=1S/C24H28Cl2N4O2.ClH/c1-14(2)24(4)12-21(31)30(23(27)29-24)13-16-8-9-20(26)19(10-16)22(32)28-15(3)17-6-5-7-18(25)11-17;/h5-11,14-15H,12-13H2,1-4H3,(H2,27,29)(H,28,32);1H/t15-,24-;/m0./s1. The fourth-order valence-electron chi connectivity index (χ4n) is 3.55. The van der Waals surface area contributed by atoms with Gasteiger partial charge in [0.05, 0.1) is 35.1 Å². The fourth-order valence-corrected chi connectivity index (χ4v) is 3.96. The van der Waals surface area contributed by atoms with E-state index in [9.17, 15) is 9.59 Å². The van der Waals surface area contributed by atoms with Gasteiger partial charge in [-0.3, -0.25) is 14.5 Å². The van der Waals surface area contributed by atoms with Crippen LogP contribution in [0.15, 0.2) is 47.5 Å². The summed E-state index contributed by atoms with van der Waals surface area (Å²) in [4.78, 5) is 31.7. The largest absolute Gasteiger partial charge is 0.369 e. The normalized spacial score (nSPS) is 19.1. The molecule has 0 aromatic heterocycles. The molecular formula is C24H29Cl3N4O2. The van der Waals surface area contributed by atoms with E-state index in [-0.39, 0.29) is 55.1 Å². The third kappa shape index (κ3) is 6.19. The molecule has 1 heterocycles. The molecule has 9 heteroatoms. The van der Waals surface area contributed by atoms with Crippen LogP contribution in [0.3, 0.4) is 0 Å². The number of carbonyl (C=O) groups is 2. The van der Waals surface area contributed by atoms with Crippen LogP contribution in [0, 0.1) is 5.92 Å². The zero-order valence-corrected chi connectivity index (χ0v) is 21.4. The Labute approximate surface area is 210 Å². The van der Waals surface area contributed by atoms with Gasteiger partial charge in [-0.05, 0) is 55.2 Å². The maximum atomic E-state index is 12.9. The van der Waals surface area contributed by atoms with E-state index < -0.39 is 5.54 Å². The van der Waals surface area contributed by atoms with Crippen molar-refractivity contribution >= 4 is 53.4 Å². The Morgan fingerprint density at radius 2 is 1.91 bits per heavy atom. The van der Waals surface area contributed by atoms with E-state index in [1.807, 2.05) is 39.8 Å². The van der Waals surface area contributed by atoms with Gasteiger partial charge < -0.3 is 11.1 Å². The first-order valence-electron chi connectivity index (χ1n) is 10.5. The minimum atomic E-state index is -0.515. The SMILES string of the molecule is CC(C)[C@]1(C)CC(=O)N(Cc2ccc(Cl)c(C(=O)N[C@@H](C)c3cccc(Cl)c3)c2)C(N)=N1.Cl. The van der Waals surface area contributed by atoms with Gasteiger partial charge in [-0.2, -0.15) is 0 Å². The van der Waals surface area contributed by atoms with Crippen molar-refractivity contribution in [3.8, 4) is 0 Å². The van der Waals surface area contributed by atoms with Crippen molar-refractivity contribution in [1.82, 2.24) is 10.2 Å². The molecule has 0 spiro atoms. The van der Waals surface area contributed by atoms with Gasteiger partial charge >= 0.3 is 0 Å². The topological polar surface area (TPSA) is 87.8 Å². The van der Waals surface area contributed by atoms with Crippen LogP contribution in [0.25, 0.3) is 0 Å². The third-order valence-corrected chi connectivity index (χ3v) is 6.58. The number of aliphatic imine (C=N–C) groups is 1. The molecule has 178 valence electrons. The van der Waals surface area contributed by atoms with Crippen molar-refractivity contribution < 1.29 is 9.59 Å². The summed E-state index contributed by atoms with van der Waals surface area (Å²) in [6.45, 7) is 8.06. The van der Waals surface area contributed by atoms with Crippen molar-refractivity contribution in [2.75, 3.05) is 0 Å². The number of halogens is 3. The Bertz CT molecular complexity index is 1070. The van der Waals surface area contributed by atoms with Crippen molar-refractivity contribution in [3.05, 3.63) is 69.2 Å². The summed E-state index contributed by atoms with van der Waals surface area (Å²) in [5.41, 5.74) is 7.56. The van der Waals surface area contributed by atoms with Crippen molar-refractivity contribution in [3.63, 3.8) is 0 Å². The van der Waals surface area contributed by atoms with E-state index >= 15 is 0 Å². The molecule has 0 fully saturated rings. The molecule has 0 bridgehead atoms. The van der Waals surface area contributed by atoms with Crippen LogP contribution < -0.4 is 11.1 Å². The van der Waals surface area contributed by atoms with Gasteiger partial charge in [0, 0.05) is 5.02 Å². The molecule has 3 N–H and O–H groups in total. The molecule has 3 rings (SSSR count). The van der Waals surface area contributed by atoms with Gasteiger partial charge in [0.25, 0.3) is 5.91 Å². The zero-order valence-electron chi connectivity index (χ0n) is 19.1. The Hall–Kier alpha value is -2.28. The Morgan fingerprint density at radius 1 is 1.21 bits per heavy atom. The van der Waals surface area contributed by atoms with Gasteiger partial charge in [-0.15, -0.1) is 12.4 Å². The minimum Gasteiger partial charge on any atom is -0.369 e. The molecule has 2 amide bonds. The monoisotopic (exact) mass is 510 g/mol. The van der Waals surface area contributed by atoms with E-state index in [2.05, 4.69) is 10.3 Å². The predicted octanol–water partition coefficient (Wildman–Crippen LogP) is 5.37. The molecule has 2 aromatic rings. The summed E-state index contributed by atoms with van der Waals surface area (Å²) in [5.74, 6) is -0.0417. The number of amides is 2. The van der Waals surface area contributed by atoms with Crippen molar-refractivity contribution in [2.45, 2.75) is 52.2 Å². The zero-order chi connectivity index (χ0) is 23.6. The second-order valence-corrected chi connectivity index (χ2v) is 9.55. The smallest absolute Gasteiger partial charge is 0.253 e. The molecule has 0 aliphatic carbocycles. The van der Waals surface area contributed by atoms with Gasteiger partial charge in [0.15, 0.2) is 5.96 Å². The molecule has 2 atom stereocenters. The van der Waals surface area contributed by atoms with Crippen molar-refractivity contribution in [2.24, 2.45) is 16.6 Å². The van der Waals surface area contributed by atoms with E-state index in [1.54, 1.807) is 30.3 Å². The highest BCUT2D eigenvalue weighted by atomic mass is 35.5. The van der Waals surface area contributed by atoms with Gasteiger partial charge in [0.1, 0.15) is 0 Å². The summed E-state index contributed by atoms with van der Waals surface area (Å²) < 4.78 is 0. The number of hydrogen-bond acceptors (Lipinski definition) is 4. The number of benzene rings is 2. The van der Waals surface area contributed by atoms with E-state index in [4.69, 9.17) is 28.9 Å². The van der Waals surface area contributed by atoms with E-state index in [1.165, 1.54) is 4.90 Å². The first-order valence-corrected chi connectivity index (χ1v) is 11.3.